The van der Waals surface area contributed by atoms with Crippen LogP contribution in [0.1, 0.15) is 33.6 Å². The summed E-state index contributed by atoms with van der Waals surface area (Å²) in [6.45, 7) is 10.1. The van der Waals surface area contributed by atoms with Crippen molar-refractivity contribution in [3.63, 3.8) is 0 Å². The first-order chi connectivity index (χ1) is 6.10. The largest absolute Gasteiger partial charge is 0.303 e. The highest BCUT2D eigenvalue weighted by molar-refractivity contribution is 5.50. The third-order valence-electron chi connectivity index (χ3n) is 2.08. The number of rotatable bonds is 6. The van der Waals surface area contributed by atoms with Gasteiger partial charge in [-0.15, -0.1) is 6.58 Å². The first-order valence-corrected chi connectivity index (χ1v) is 4.83. The molecule has 0 amide bonds. The van der Waals surface area contributed by atoms with Crippen molar-refractivity contribution in [2.24, 2.45) is 11.8 Å². The van der Waals surface area contributed by atoms with E-state index >= 15 is 0 Å². The first kappa shape index (κ1) is 12.2. The Morgan fingerprint density at radius 2 is 2.00 bits per heavy atom. The van der Waals surface area contributed by atoms with Gasteiger partial charge in [0, 0.05) is 6.42 Å². The van der Waals surface area contributed by atoms with E-state index in [-0.39, 0.29) is 0 Å². The second kappa shape index (κ2) is 6.64. The molecule has 0 rings (SSSR count). The van der Waals surface area contributed by atoms with E-state index in [0.29, 0.717) is 18.3 Å². The standard InChI is InChI=1S/C12H20O/c1-5-10(2)8-12(4)9-11(3)6-7-13/h5,7,9-11H,1,6,8H2,2-4H3/b12-9+. The lowest BCUT2D eigenvalue weighted by molar-refractivity contribution is -0.108. The van der Waals surface area contributed by atoms with Gasteiger partial charge in [0.25, 0.3) is 0 Å². The second-order valence-electron chi connectivity index (χ2n) is 3.81. The van der Waals surface area contributed by atoms with Crippen LogP contribution in [0.5, 0.6) is 0 Å². The topological polar surface area (TPSA) is 17.1 Å². The molecular formula is C12H20O. The van der Waals surface area contributed by atoms with E-state index in [4.69, 9.17) is 0 Å². The molecule has 0 aliphatic heterocycles. The Morgan fingerprint density at radius 3 is 2.46 bits per heavy atom. The molecule has 0 saturated heterocycles. The summed E-state index contributed by atoms with van der Waals surface area (Å²) in [7, 11) is 0. The second-order valence-corrected chi connectivity index (χ2v) is 3.81. The number of aldehydes is 1. The molecule has 0 saturated carbocycles. The van der Waals surface area contributed by atoms with Crippen LogP contribution in [0.15, 0.2) is 24.3 Å². The summed E-state index contributed by atoms with van der Waals surface area (Å²) in [5, 5.41) is 0. The van der Waals surface area contributed by atoms with E-state index in [2.05, 4.69) is 33.4 Å². The molecule has 2 unspecified atom stereocenters. The summed E-state index contributed by atoms with van der Waals surface area (Å²) < 4.78 is 0. The van der Waals surface area contributed by atoms with Crippen LogP contribution in [0, 0.1) is 11.8 Å². The van der Waals surface area contributed by atoms with Crippen molar-refractivity contribution in [2.75, 3.05) is 0 Å². The van der Waals surface area contributed by atoms with Crippen molar-refractivity contribution in [1.29, 1.82) is 0 Å². The van der Waals surface area contributed by atoms with Crippen LogP contribution < -0.4 is 0 Å². The van der Waals surface area contributed by atoms with Crippen LogP contribution in [-0.4, -0.2) is 6.29 Å². The summed E-state index contributed by atoms with van der Waals surface area (Å²) in [6, 6.07) is 0. The zero-order valence-electron chi connectivity index (χ0n) is 8.92. The minimum Gasteiger partial charge on any atom is -0.303 e. The van der Waals surface area contributed by atoms with Crippen molar-refractivity contribution in [2.45, 2.75) is 33.6 Å². The van der Waals surface area contributed by atoms with E-state index < -0.39 is 0 Å². The molecular weight excluding hydrogens is 160 g/mol. The molecule has 0 bridgehead atoms. The fraction of sp³-hybridized carbons (Fsp3) is 0.583. The lowest BCUT2D eigenvalue weighted by Crippen LogP contribution is -1.95. The molecule has 0 aromatic heterocycles. The molecule has 1 heteroatoms. The number of hydrogen-bond acceptors (Lipinski definition) is 1. The van der Waals surface area contributed by atoms with Crippen LogP contribution in [0.4, 0.5) is 0 Å². The average molecular weight is 180 g/mol. The molecule has 0 radical (unpaired) electrons. The molecule has 0 aliphatic carbocycles. The van der Waals surface area contributed by atoms with E-state index in [0.717, 1.165) is 12.7 Å². The minimum absolute atomic E-state index is 0.370. The van der Waals surface area contributed by atoms with Gasteiger partial charge in [0.1, 0.15) is 6.29 Å². The van der Waals surface area contributed by atoms with Crippen molar-refractivity contribution < 1.29 is 4.79 Å². The Balaban J connectivity index is 3.99. The SMILES string of the molecule is C=CC(C)C/C(C)=C/C(C)CC=O. The third-order valence-corrected chi connectivity index (χ3v) is 2.08. The Labute approximate surface area is 81.5 Å². The van der Waals surface area contributed by atoms with Crippen molar-refractivity contribution in [1.82, 2.24) is 0 Å². The Bertz CT molecular complexity index is 191. The molecule has 74 valence electrons. The molecule has 0 N–H and O–H groups in total. The first-order valence-electron chi connectivity index (χ1n) is 4.83. The number of allylic oxidation sites excluding steroid dienone is 3. The molecule has 1 nitrogen and oxygen atoms in total. The Kier molecular flexibility index (Phi) is 6.21. The van der Waals surface area contributed by atoms with Crippen molar-refractivity contribution >= 4 is 6.29 Å². The highest BCUT2D eigenvalue weighted by Crippen LogP contribution is 2.14. The van der Waals surface area contributed by atoms with Gasteiger partial charge in [-0.3, -0.25) is 0 Å². The highest BCUT2D eigenvalue weighted by atomic mass is 16.1. The van der Waals surface area contributed by atoms with Gasteiger partial charge in [-0.1, -0.05) is 31.6 Å². The zero-order valence-corrected chi connectivity index (χ0v) is 8.92. The highest BCUT2D eigenvalue weighted by Gasteiger charge is 2.00. The van der Waals surface area contributed by atoms with Gasteiger partial charge in [-0.2, -0.15) is 0 Å². The minimum atomic E-state index is 0.370. The van der Waals surface area contributed by atoms with Gasteiger partial charge in [-0.25, -0.2) is 0 Å². The number of carbonyl (C=O) groups is 1. The predicted molar refractivity (Wildman–Crippen MR) is 57.6 cm³/mol. The summed E-state index contributed by atoms with van der Waals surface area (Å²) in [5.74, 6) is 0.897. The predicted octanol–water partition coefficient (Wildman–Crippen LogP) is 3.37. The molecule has 0 spiro atoms. The Morgan fingerprint density at radius 1 is 1.38 bits per heavy atom. The smallest absolute Gasteiger partial charge is 0.120 e. The van der Waals surface area contributed by atoms with E-state index in [1.807, 2.05) is 6.08 Å². The molecule has 13 heavy (non-hydrogen) atoms. The van der Waals surface area contributed by atoms with Gasteiger partial charge in [0.2, 0.25) is 0 Å². The normalized spacial score (nSPS) is 16.4. The van der Waals surface area contributed by atoms with Crippen LogP contribution >= 0.6 is 0 Å². The maximum atomic E-state index is 10.2. The summed E-state index contributed by atoms with van der Waals surface area (Å²) in [4.78, 5) is 10.2. The van der Waals surface area contributed by atoms with Gasteiger partial charge in [-0.05, 0) is 25.2 Å². The van der Waals surface area contributed by atoms with Crippen LogP contribution in [0.2, 0.25) is 0 Å². The number of hydrogen-bond donors (Lipinski definition) is 0. The van der Waals surface area contributed by atoms with E-state index in [1.54, 1.807) is 0 Å². The molecule has 0 heterocycles. The summed E-state index contributed by atoms with van der Waals surface area (Å²) in [6.07, 6.45) is 6.79. The Hall–Kier alpha value is -0.850. The average Bonchev–Trinajstić information content (AvgIpc) is 2.04. The fourth-order valence-corrected chi connectivity index (χ4v) is 1.36. The lowest BCUT2D eigenvalue weighted by Gasteiger charge is -2.08. The zero-order chi connectivity index (χ0) is 10.3. The van der Waals surface area contributed by atoms with Gasteiger partial charge >= 0.3 is 0 Å². The van der Waals surface area contributed by atoms with Gasteiger partial charge in [0.05, 0.1) is 0 Å². The monoisotopic (exact) mass is 180 g/mol. The van der Waals surface area contributed by atoms with Gasteiger partial charge in [0.15, 0.2) is 0 Å². The quantitative estimate of drug-likeness (QED) is 0.452. The third kappa shape index (κ3) is 6.32. The number of carbonyl (C=O) groups excluding carboxylic acids is 1. The molecule has 0 aromatic rings. The van der Waals surface area contributed by atoms with Crippen molar-refractivity contribution in [3.05, 3.63) is 24.3 Å². The maximum absolute atomic E-state index is 10.2. The molecule has 2 atom stereocenters. The van der Waals surface area contributed by atoms with E-state index in [9.17, 15) is 4.79 Å². The molecule has 0 fully saturated rings. The van der Waals surface area contributed by atoms with Crippen LogP contribution in [-0.2, 0) is 4.79 Å². The fourth-order valence-electron chi connectivity index (χ4n) is 1.36. The van der Waals surface area contributed by atoms with Crippen LogP contribution in [0.25, 0.3) is 0 Å². The van der Waals surface area contributed by atoms with Crippen LogP contribution in [0.3, 0.4) is 0 Å². The van der Waals surface area contributed by atoms with E-state index in [1.165, 1.54) is 5.57 Å². The van der Waals surface area contributed by atoms with Crippen molar-refractivity contribution in [3.8, 4) is 0 Å². The van der Waals surface area contributed by atoms with Gasteiger partial charge < -0.3 is 4.79 Å². The lowest BCUT2D eigenvalue weighted by atomic mass is 9.98. The molecule has 0 aliphatic rings. The molecule has 0 aromatic carbocycles. The summed E-state index contributed by atoms with van der Waals surface area (Å²) >= 11 is 0. The maximum Gasteiger partial charge on any atom is 0.120 e. The summed E-state index contributed by atoms with van der Waals surface area (Å²) in [5.41, 5.74) is 1.35.